The van der Waals surface area contributed by atoms with Crippen LogP contribution in [0, 0.1) is 0 Å². The van der Waals surface area contributed by atoms with E-state index >= 15 is 0 Å². The SMILES string of the molecule is CN(CCc1ccccc1)c1cc(Cl)nnc1Cl. The van der Waals surface area contributed by atoms with Crippen LogP contribution in [0.5, 0.6) is 0 Å². The van der Waals surface area contributed by atoms with E-state index < -0.39 is 0 Å². The van der Waals surface area contributed by atoms with Crippen LogP contribution >= 0.6 is 23.2 Å². The molecule has 2 aromatic rings. The highest BCUT2D eigenvalue weighted by Crippen LogP contribution is 2.24. The van der Waals surface area contributed by atoms with Gasteiger partial charge in [-0.25, -0.2) is 0 Å². The second-order valence-corrected chi connectivity index (χ2v) is 4.75. The molecule has 1 aromatic heterocycles. The molecule has 18 heavy (non-hydrogen) atoms. The quantitative estimate of drug-likeness (QED) is 0.860. The lowest BCUT2D eigenvalue weighted by atomic mass is 10.1. The van der Waals surface area contributed by atoms with Crippen LogP contribution in [-0.2, 0) is 6.42 Å². The van der Waals surface area contributed by atoms with Gasteiger partial charge in [-0.15, -0.1) is 10.2 Å². The minimum Gasteiger partial charge on any atom is -0.372 e. The number of aromatic nitrogens is 2. The molecule has 5 heteroatoms. The summed E-state index contributed by atoms with van der Waals surface area (Å²) in [6.45, 7) is 0.839. The van der Waals surface area contributed by atoms with E-state index in [2.05, 4.69) is 22.3 Å². The molecule has 0 spiro atoms. The number of hydrogen-bond donors (Lipinski definition) is 0. The van der Waals surface area contributed by atoms with Gasteiger partial charge in [-0.05, 0) is 12.0 Å². The molecule has 0 unspecified atom stereocenters. The summed E-state index contributed by atoms with van der Waals surface area (Å²) in [4.78, 5) is 2.02. The standard InChI is InChI=1S/C13H13Cl2N3/c1-18(8-7-10-5-3-2-4-6-10)11-9-12(14)16-17-13(11)15/h2-6,9H,7-8H2,1H3. The molecule has 2 rings (SSSR count). The Bertz CT molecular complexity index is 517. The second-order valence-electron chi connectivity index (χ2n) is 4.00. The lowest BCUT2D eigenvalue weighted by Crippen LogP contribution is -2.21. The van der Waals surface area contributed by atoms with Crippen molar-refractivity contribution >= 4 is 28.9 Å². The number of anilines is 1. The van der Waals surface area contributed by atoms with Crippen molar-refractivity contribution in [1.82, 2.24) is 10.2 Å². The van der Waals surface area contributed by atoms with Crippen molar-refractivity contribution in [3.05, 3.63) is 52.3 Å². The van der Waals surface area contributed by atoms with E-state index in [0.29, 0.717) is 10.3 Å². The van der Waals surface area contributed by atoms with Gasteiger partial charge in [0, 0.05) is 19.7 Å². The van der Waals surface area contributed by atoms with Gasteiger partial charge in [-0.2, -0.15) is 0 Å². The van der Waals surface area contributed by atoms with Crippen LogP contribution in [0.2, 0.25) is 10.3 Å². The summed E-state index contributed by atoms with van der Waals surface area (Å²) in [5, 5.41) is 8.21. The highest BCUT2D eigenvalue weighted by Gasteiger charge is 2.09. The van der Waals surface area contributed by atoms with E-state index in [0.717, 1.165) is 18.7 Å². The Morgan fingerprint density at radius 1 is 1.11 bits per heavy atom. The zero-order valence-electron chi connectivity index (χ0n) is 9.98. The Balaban J connectivity index is 2.03. The smallest absolute Gasteiger partial charge is 0.175 e. The van der Waals surface area contributed by atoms with Crippen molar-refractivity contribution in [1.29, 1.82) is 0 Å². The molecule has 0 N–H and O–H groups in total. The molecule has 0 radical (unpaired) electrons. The van der Waals surface area contributed by atoms with E-state index in [9.17, 15) is 0 Å². The molecule has 94 valence electrons. The van der Waals surface area contributed by atoms with Crippen molar-refractivity contribution in [2.45, 2.75) is 6.42 Å². The molecule has 0 aliphatic heterocycles. The highest BCUT2D eigenvalue weighted by molar-refractivity contribution is 6.33. The molecular formula is C13H13Cl2N3. The fourth-order valence-corrected chi connectivity index (χ4v) is 2.05. The van der Waals surface area contributed by atoms with Crippen molar-refractivity contribution in [2.24, 2.45) is 0 Å². The maximum atomic E-state index is 6.00. The first kappa shape index (κ1) is 13.1. The molecule has 0 bridgehead atoms. The molecule has 0 amide bonds. The fraction of sp³-hybridized carbons (Fsp3) is 0.231. The van der Waals surface area contributed by atoms with Crippen molar-refractivity contribution in [2.75, 3.05) is 18.5 Å². The Morgan fingerprint density at radius 2 is 1.83 bits per heavy atom. The molecular weight excluding hydrogens is 269 g/mol. The van der Waals surface area contributed by atoms with Crippen LogP contribution < -0.4 is 4.90 Å². The van der Waals surface area contributed by atoms with E-state index in [1.54, 1.807) is 6.07 Å². The topological polar surface area (TPSA) is 29.0 Å². The number of benzene rings is 1. The first-order valence-corrected chi connectivity index (χ1v) is 6.36. The number of likely N-dealkylation sites (N-methyl/N-ethyl adjacent to an activating group) is 1. The van der Waals surface area contributed by atoms with Gasteiger partial charge < -0.3 is 4.90 Å². The van der Waals surface area contributed by atoms with Gasteiger partial charge in [-0.3, -0.25) is 0 Å². The Labute approximate surface area is 116 Å². The van der Waals surface area contributed by atoms with Crippen molar-refractivity contribution in [3.8, 4) is 0 Å². The molecule has 0 saturated heterocycles. The summed E-state index contributed by atoms with van der Waals surface area (Å²) in [6.07, 6.45) is 0.938. The summed E-state index contributed by atoms with van der Waals surface area (Å²) in [6, 6.07) is 12.0. The number of nitrogens with zero attached hydrogens (tertiary/aromatic N) is 3. The largest absolute Gasteiger partial charge is 0.372 e. The average Bonchev–Trinajstić information content (AvgIpc) is 2.40. The van der Waals surface area contributed by atoms with Gasteiger partial charge in [0.25, 0.3) is 0 Å². The predicted octanol–water partition coefficient (Wildman–Crippen LogP) is 3.46. The molecule has 0 aliphatic rings. The van der Waals surface area contributed by atoms with E-state index in [1.165, 1.54) is 5.56 Å². The van der Waals surface area contributed by atoms with Crippen molar-refractivity contribution in [3.63, 3.8) is 0 Å². The maximum Gasteiger partial charge on any atom is 0.175 e. The summed E-state index contributed by atoms with van der Waals surface area (Å²) in [5.41, 5.74) is 2.08. The molecule has 1 aromatic carbocycles. The molecule has 0 aliphatic carbocycles. The first-order valence-electron chi connectivity index (χ1n) is 5.60. The zero-order chi connectivity index (χ0) is 13.0. The maximum absolute atomic E-state index is 6.00. The van der Waals surface area contributed by atoms with Gasteiger partial charge in [0.2, 0.25) is 0 Å². The van der Waals surface area contributed by atoms with Gasteiger partial charge in [0.05, 0.1) is 5.69 Å². The molecule has 1 heterocycles. The van der Waals surface area contributed by atoms with Gasteiger partial charge in [-0.1, -0.05) is 53.5 Å². The molecule has 0 saturated carbocycles. The monoisotopic (exact) mass is 281 g/mol. The third-order valence-corrected chi connectivity index (χ3v) is 3.14. The predicted molar refractivity (Wildman–Crippen MR) is 75.5 cm³/mol. The number of hydrogen-bond acceptors (Lipinski definition) is 3. The van der Waals surface area contributed by atoms with Crippen LogP contribution in [0.3, 0.4) is 0 Å². The first-order chi connectivity index (χ1) is 8.66. The van der Waals surface area contributed by atoms with E-state index in [1.807, 2.05) is 30.1 Å². The highest BCUT2D eigenvalue weighted by atomic mass is 35.5. The Morgan fingerprint density at radius 3 is 2.56 bits per heavy atom. The van der Waals surface area contributed by atoms with E-state index in [-0.39, 0.29) is 0 Å². The minimum absolute atomic E-state index is 0.348. The summed E-state index contributed by atoms with van der Waals surface area (Å²) >= 11 is 11.8. The number of rotatable bonds is 4. The fourth-order valence-electron chi connectivity index (χ4n) is 1.67. The Kier molecular flexibility index (Phi) is 4.39. The summed E-state index contributed by atoms with van der Waals surface area (Å²) in [7, 11) is 1.96. The third kappa shape index (κ3) is 3.34. The zero-order valence-corrected chi connectivity index (χ0v) is 11.5. The van der Waals surface area contributed by atoms with Gasteiger partial charge in [0.1, 0.15) is 0 Å². The summed E-state index contributed by atoms with van der Waals surface area (Å²) < 4.78 is 0. The van der Waals surface area contributed by atoms with Crippen LogP contribution in [-0.4, -0.2) is 23.8 Å². The van der Waals surface area contributed by atoms with E-state index in [4.69, 9.17) is 23.2 Å². The number of halogens is 2. The normalized spacial score (nSPS) is 10.4. The second kappa shape index (κ2) is 6.03. The average molecular weight is 282 g/mol. The Hall–Kier alpha value is -1.32. The van der Waals surface area contributed by atoms with Crippen LogP contribution in [0.15, 0.2) is 36.4 Å². The van der Waals surface area contributed by atoms with Gasteiger partial charge in [0.15, 0.2) is 10.3 Å². The lowest BCUT2D eigenvalue weighted by molar-refractivity contribution is 0.866. The van der Waals surface area contributed by atoms with Crippen LogP contribution in [0.25, 0.3) is 0 Å². The molecule has 0 atom stereocenters. The minimum atomic E-state index is 0.348. The van der Waals surface area contributed by atoms with Gasteiger partial charge >= 0.3 is 0 Å². The third-order valence-electron chi connectivity index (χ3n) is 2.69. The van der Waals surface area contributed by atoms with Crippen LogP contribution in [0.1, 0.15) is 5.56 Å². The molecule has 3 nitrogen and oxygen atoms in total. The van der Waals surface area contributed by atoms with Crippen molar-refractivity contribution < 1.29 is 0 Å². The molecule has 0 fully saturated rings. The van der Waals surface area contributed by atoms with Crippen LogP contribution in [0.4, 0.5) is 5.69 Å². The lowest BCUT2D eigenvalue weighted by Gasteiger charge is -2.19. The summed E-state index contributed by atoms with van der Waals surface area (Å²) in [5.74, 6) is 0.